The van der Waals surface area contributed by atoms with Crippen molar-refractivity contribution in [2.24, 2.45) is 0 Å². The van der Waals surface area contributed by atoms with Crippen molar-refractivity contribution >= 4 is 33.2 Å². The van der Waals surface area contributed by atoms with E-state index in [1.54, 1.807) is 22.1 Å². The molecule has 9 heteroatoms. The van der Waals surface area contributed by atoms with Crippen LogP contribution in [0.1, 0.15) is 43.9 Å². The molecule has 2 atom stereocenters. The molecule has 2 N–H and O–H groups in total. The molecule has 0 radical (unpaired) electrons. The Morgan fingerprint density at radius 3 is 2.74 bits per heavy atom. The molecule has 2 aliphatic rings. The molecular formula is C22H22N6O2S. The number of fused-ring (bicyclic) bond motifs is 1. The topological polar surface area (TPSA) is 97.9 Å². The summed E-state index contributed by atoms with van der Waals surface area (Å²) in [6, 6.07) is 8.35. The van der Waals surface area contributed by atoms with Crippen molar-refractivity contribution in [1.29, 1.82) is 0 Å². The summed E-state index contributed by atoms with van der Waals surface area (Å²) in [6.07, 6.45) is 8.91. The summed E-state index contributed by atoms with van der Waals surface area (Å²) in [7, 11) is 0. The first-order chi connectivity index (χ1) is 15.2. The van der Waals surface area contributed by atoms with Gasteiger partial charge < -0.3 is 15.2 Å². The van der Waals surface area contributed by atoms with Crippen LogP contribution in [0.15, 0.2) is 51.4 Å². The number of hydrogen-bond acceptors (Lipinski definition) is 8. The van der Waals surface area contributed by atoms with Crippen LogP contribution in [0.3, 0.4) is 0 Å². The van der Waals surface area contributed by atoms with Crippen LogP contribution in [0.4, 0.5) is 11.8 Å². The molecule has 4 heterocycles. The Labute approximate surface area is 182 Å². The average molecular weight is 435 g/mol. The molecule has 2 saturated carbocycles. The quantitative estimate of drug-likeness (QED) is 0.470. The monoisotopic (exact) mass is 434 g/mol. The number of anilines is 2. The number of aromatic nitrogens is 4. The SMILES string of the molecule is O=c1c2ccsc2ccn1-c1ccc(N[C@H]2CC[C@H](Nc3noc(C4CC4)n3)C2)nc1. The summed E-state index contributed by atoms with van der Waals surface area (Å²) >= 11 is 1.57. The van der Waals surface area contributed by atoms with Crippen molar-refractivity contribution in [3.63, 3.8) is 0 Å². The maximum Gasteiger partial charge on any atom is 0.263 e. The molecular weight excluding hydrogens is 412 g/mol. The summed E-state index contributed by atoms with van der Waals surface area (Å²) in [4.78, 5) is 21.7. The molecule has 0 bridgehead atoms. The van der Waals surface area contributed by atoms with Crippen molar-refractivity contribution in [2.75, 3.05) is 10.6 Å². The van der Waals surface area contributed by atoms with Gasteiger partial charge in [-0.25, -0.2) is 4.98 Å². The highest BCUT2D eigenvalue weighted by molar-refractivity contribution is 7.17. The molecule has 0 spiro atoms. The standard InChI is InChI=1S/C22H22N6O2S/c29-21-17-8-10-31-18(17)7-9-28(21)16-5-6-19(23-12-16)24-14-3-4-15(11-14)25-22-26-20(30-27-22)13-1-2-13/h5-10,12-15H,1-4,11H2,(H,23,24)(H,25,27)/t14-,15-/m0/s1. The zero-order valence-corrected chi connectivity index (χ0v) is 17.6. The molecule has 0 unspecified atom stereocenters. The Morgan fingerprint density at radius 2 is 1.94 bits per heavy atom. The number of nitrogens with one attached hydrogen (secondary N) is 2. The number of hydrogen-bond donors (Lipinski definition) is 2. The van der Waals surface area contributed by atoms with Gasteiger partial charge in [0.05, 0.1) is 17.3 Å². The summed E-state index contributed by atoms with van der Waals surface area (Å²) in [6.45, 7) is 0. The third kappa shape index (κ3) is 3.69. The highest BCUT2D eigenvalue weighted by Gasteiger charge is 2.31. The van der Waals surface area contributed by atoms with Crippen LogP contribution < -0.4 is 16.2 Å². The third-order valence-electron chi connectivity index (χ3n) is 6.03. The molecule has 0 saturated heterocycles. The van der Waals surface area contributed by atoms with E-state index in [2.05, 4.69) is 25.8 Å². The van der Waals surface area contributed by atoms with Gasteiger partial charge in [-0.15, -0.1) is 11.3 Å². The first kappa shape index (κ1) is 18.6. The van der Waals surface area contributed by atoms with Gasteiger partial charge in [0, 0.05) is 28.9 Å². The fourth-order valence-corrected chi connectivity index (χ4v) is 4.98. The Balaban J connectivity index is 1.09. The second kappa shape index (κ2) is 7.49. The molecule has 158 valence electrons. The fourth-order valence-electron chi connectivity index (χ4n) is 4.21. The second-order valence-electron chi connectivity index (χ2n) is 8.32. The van der Waals surface area contributed by atoms with Crippen LogP contribution in [-0.4, -0.2) is 31.8 Å². The molecule has 2 aliphatic carbocycles. The van der Waals surface area contributed by atoms with E-state index in [9.17, 15) is 4.79 Å². The minimum absolute atomic E-state index is 0.0164. The Kier molecular flexibility index (Phi) is 4.48. The predicted molar refractivity (Wildman–Crippen MR) is 120 cm³/mol. The van der Waals surface area contributed by atoms with E-state index in [1.807, 2.05) is 35.8 Å². The van der Waals surface area contributed by atoms with E-state index in [0.29, 0.717) is 23.9 Å². The Bertz CT molecular complexity index is 1270. The number of thiophene rings is 1. The average Bonchev–Trinajstić information content (AvgIpc) is 3.15. The highest BCUT2D eigenvalue weighted by atomic mass is 32.1. The van der Waals surface area contributed by atoms with Gasteiger partial charge in [0.1, 0.15) is 5.82 Å². The fraction of sp³-hybridized carbons (Fsp3) is 0.364. The zero-order chi connectivity index (χ0) is 20.8. The van der Waals surface area contributed by atoms with E-state index in [-0.39, 0.29) is 5.56 Å². The lowest BCUT2D eigenvalue weighted by atomic mass is 10.2. The van der Waals surface area contributed by atoms with Gasteiger partial charge in [-0.05, 0) is 66.9 Å². The van der Waals surface area contributed by atoms with Crippen LogP contribution in [0.2, 0.25) is 0 Å². The van der Waals surface area contributed by atoms with Crippen LogP contribution in [0, 0.1) is 0 Å². The lowest BCUT2D eigenvalue weighted by molar-refractivity contribution is 0.379. The zero-order valence-electron chi connectivity index (χ0n) is 16.8. The Morgan fingerprint density at radius 1 is 1.06 bits per heavy atom. The maximum atomic E-state index is 12.7. The first-order valence-electron chi connectivity index (χ1n) is 10.6. The van der Waals surface area contributed by atoms with Gasteiger partial charge in [0.2, 0.25) is 5.89 Å². The molecule has 8 nitrogen and oxygen atoms in total. The lowest BCUT2D eigenvalue weighted by Crippen LogP contribution is -2.22. The van der Waals surface area contributed by atoms with Crippen molar-refractivity contribution < 1.29 is 4.52 Å². The number of rotatable bonds is 6. The van der Waals surface area contributed by atoms with Gasteiger partial charge >= 0.3 is 0 Å². The van der Waals surface area contributed by atoms with Crippen molar-refractivity contribution in [3.05, 3.63) is 58.3 Å². The second-order valence-corrected chi connectivity index (χ2v) is 9.26. The summed E-state index contributed by atoms with van der Waals surface area (Å²) in [5, 5.41) is 13.6. The molecule has 4 aromatic rings. The van der Waals surface area contributed by atoms with E-state index < -0.39 is 0 Å². The summed E-state index contributed by atoms with van der Waals surface area (Å²) in [5.74, 6) is 2.65. The van der Waals surface area contributed by atoms with Crippen molar-refractivity contribution in [2.45, 2.75) is 50.1 Å². The normalized spacial score (nSPS) is 20.9. The molecule has 0 aromatic carbocycles. The Hall–Kier alpha value is -3.20. The number of pyridine rings is 2. The van der Waals surface area contributed by atoms with Gasteiger partial charge in [-0.1, -0.05) is 0 Å². The minimum Gasteiger partial charge on any atom is -0.367 e. The van der Waals surface area contributed by atoms with Crippen molar-refractivity contribution in [1.82, 2.24) is 19.7 Å². The maximum absolute atomic E-state index is 12.7. The van der Waals surface area contributed by atoms with Crippen LogP contribution in [0.25, 0.3) is 15.8 Å². The smallest absolute Gasteiger partial charge is 0.263 e. The molecule has 2 fully saturated rings. The summed E-state index contributed by atoms with van der Waals surface area (Å²) in [5.41, 5.74) is 0.746. The lowest BCUT2D eigenvalue weighted by Gasteiger charge is -2.15. The van der Waals surface area contributed by atoms with Gasteiger partial charge in [0.25, 0.3) is 11.5 Å². The van der Waals surface area contributed by atoms with Gasteiger partial charge in [-0.3, -0.25) is 9.36 Å². The summed E-state index contributed by atoms with van der Waals surface area (Å²) < 4.78 is 7.97. The predicted octanol–water partition coefficient (Wildman–Crippen LogP) is 4.15. The van der Waals surface area contributed by atoms with E-state index in [0.717, 1.165) is 59.6 Å². The molecule has 6 rings (SSSR count). The van der Waals surface area contributed by atoms with Crippen LogP contribution in [0.5, 0.6) is 0 Å². The molecule has 31 heavy (non-hydrogen) atoms. The minimum atomic E-state index is -0.0164. The molecule has 4 aromatic heterocycles. The van der Waals surface area contributed by atoms with Gasteiger partial charge in [-0.2, -0.15) is 4.98 Å². The molecule has 0 amide bonds. The van der Waals surface area contributed by atoms with E-state index >= 15 is 0 Å². The van der Waals surface area contributed by atoms with Gasteiger partial charge in [0.15, 0.2) is 0 Å². The largest absolute Gasteiger partial charge is 0.367 e. The van der Waals surface area contributed by atoms with Crippen LogP contribution >= 0.6 is 11.3 Å². The third-order valence-corrected chi connectivity index (χ3v) is 6.91. The first-order valence-corrected chi connectivity index (χ1v) is 11.5. The van der Waals surface area contributed by atoms with Crippen LogP contribution in [-0.2, 0) is 0 Å². The van der Waals surface area contributed by atoms with Crippen molar-refractivity contribution in [3.8, 4) is 5.69 Å². The number of nitrogens with zero attached hydrogens (tertiary/aromatic N) is 4. The van der Waals surface area contributed by atoms with E-state index in [4.69, 9.17) is 4.52 Å². The molecule has 0 aliphatic heterocycles. The van der Waals surface area contributed by atoms with E-state index in [1.165, 1.54) is 0 Å². The highest BCUT2D eigenvalue weighted by Crippen LogP contribution is 2.39.